The molecule has 0 N–H and O–H groups in total. The molecule has 5 heteroatoms. The molecule has 2 rings (SSSR count). The van der Waals surface area contributed by atoms with Crippen LogP contribution in [0.4, 0.5) is 4.39 Å². The van der Waals surface area contributed by atoms with Crippen molar-refractivity contribution in [3.05, 3.63) is 58.9 Å². The molecule has 2 aromatic rings. The van der Waals surface area contributed by atoms with E-state index >= 15 is 0 Å². The Hall–Kier alpha value is -2.25. The van der Waals surface area contributed by atoms with Gasteiger partial charge < -0.3 is 9.47 Å². The van der Waals surface area contributed by atoms with Crippen molar-refractivity contribution in [2.45, 2.75) is 12.5 Å². The number of halogens is 2. The quantitative estimate of drug-likeness (QED) is 0.783. The van der Waals surface area contributed by atoms with Crippen LogP contribution in [0.25, 0.3) is 0 Å². The molecule has 108 valence electrons. The SMILES string of the molecule is COc1cccc(CCl)c1OCc1ccc(F)c(C#N)c1. The molecule has 0 aliphatic rings. The van der Waals surface area contributed by atoms with E-state index in [0.717, 1.165) is 5.56 Å². The number of alkyl halides is 1. The number of hydrogen-bond donors (Lipinski definition) is 0. The standard InChI is InChI=1S/C16H13ClFNO2/c1-20-15-4-2-3-12(8-17)16(15)21-10-11-5-6-14(18)13(7-11)9-19/h2-7H,8,10H2,1H3. The van der Waals surface area contributed by atoms with Crippen LogP contribution < -0.4 is 9.47 Å². The molecule has 0 saturated carbocycles. The second-order valence-electron chi connectivity index (χ2n) is 4.30. The lowest BCUT2D eigenvalue weighted by Gasteiger charge is -2.14. The molecule has 0 aromatic heterocycles. The van der Waals surface area contributed by atoms with Crippen molar-refractivity contribution in [2.75, 3.05) is 7.11 Å². The van der Waals surface area contributed by atoms with E-state index < -0.39 is 5.82 Å². The third kappa shape index (κ3) is 3.45. The fourth-order valence-electron chi connectivity index (χ4n) is 1.89. The highest BCUT2D eigenvalue weighted by Gasteiger charge is 2.11. The van der Waals surface area contributed by atoms with E-state index in [4.69, 9.17) is 26.3 Å². The van der Waals surface area contributed by atoms with E-state index in [1.54, 1.807) is 25.3 Å². The summed E-state index contributed by atoms with van der Waals surface area (Å²) in [5.74, 6) is 0.882. The molecule has 0 unspecified atom stereocenters. The van der Waals surface area contributed by atoms with Crippen molar-refractivity contribution in [2.24, 2.45) is 0 Å². The van der Waals surface area contributed by atoms with E-state index in [9.17, 15) is 4.39 Å². The molecule has 0 spiro atoms. The van der Waals surface area contributed by atoms with Crippen molar-refractivity contribution in [3.8, 4) is 17.6 Å². The zero-order chi connectivity index (χ0) is 15.2. The fourth-order valence-corrected chi connectivity index (χ4v) is 2.10. The first kappa shape index (κ1) is 15.1. The van der Waals surface area contributed by atoms with Gasteiger partial charge in [-0.2, -0.15) is 5.26 Å². The summed E-state index contributed by atoms with van der Waals surface area (Å²) in [6, 6.07) is 11.5. The van der Waals surface area contributed by atoms with Crippen molar-refractivity contribution in [1.82, 2.24) is 0 Å². The van der Waals surface area contributed by atoms with Crippen molar-refractivity contribution in [3.63, 3.8) is 0 Å². The van der Waals surface area contributed by atoms with Crippen LogP contribution in [-0.4, -0.2) is 7.11 Å². The van der Waals surface area contributed by atoms with E-state index in [2.05, 4.69) is 0 Å². The molecule has 3 nitrogen and oxygen atoms in total. The highest BCUT2D eigenvalue weighted by atomic mass is 35.5. The van der Waals surface area contributed by atoms with Gasteiger partial charge in [-0.05, 0) is 23.8 Å². The molecule has 0 saturated heterocycles. The summed E-state index contributed by atoms with van der Waals surface area (Å²) in [5, 5.41) is 8.82. The Balaban J connectivity index is 2.22. The zero-order valence-corrected chi connectivity index (χ0v) is 12.2. The van der Waals surface area contributed by atoms with Crippen LogP contribution in [0.15, 0.2) is 36.4 Å². The third-order valence-corrected chi connectivity index (χ3v) is 3.25. The molecular formula is C16H13ClFNO2. The number of rotatable bonds is 5. The number of nitrogens with zero attached hydrogens (tertiary/aromatic N) is 1. The molecular weight excluding hydrogens is 293 g/mol. The first-order valence-electron chi connectivity index (χ1n) is 6.22. The van der Waals surface area contributed by atoms with Crippen molar-refractivity contribution in [1.29, 1.82) is 5.26 Å². The average molecular weight is 306 g/mol. The minimum absolute atomic E-state index is 0.00584. The largest absolute Gasteiger partial charge is 0.493 e. The highest BCUT2D eigenvalue weighted by molar-refractivity contribution is 6.17. The molecule has 0 radical (unpaired) electrons. The maximum atomic E-state index is 13.3. The highest BCUT2D eigenvalue weighted by Crippen LogP contribution is 2.32. The van der Waals surface area contributed by atoms with Gasteiger partial charge in [0.2, 0.25) is 0 Å². The summed E-state index contributed by atoms with van der Waals surface area (Å²) in [4.78, 5) is 0. The summed E-state index contributed by atoms with van der Waals surface area (Å²) in [6.07, 6.45) is 0. The summed E-state index contributed by atoms with van der Waals surface area (Å²) >= 11 is 5.88. The lowest BCUT2D eigenvalue weighted by molar-refractivity contribution is 0.282. The van der Waals surface area contributed by atoms with Crippen LogP contribution in [-0.2, 0) is 12.5 Å². The van der Waals surface area contributed by atoms with Crippen molar-refractivity contribution < 1.29 is 13.9 Å². The number of nitriles is 1. The minimum Gasteiger partial charge on any atom is -0.493 e. The van der Waals surface area contributed by atoms with Gasteiger partial charge in [0.05, 0.1) is 18.6 Å². The lowest BCUT2D eigenvalue weighted by Crippen LogP contribution is -2.01. The Morgan fingerprint density at radius 3 is 2.76 bits per heavy atom. The van der Waals surface area contributed by atoms with Gasteiger partial charge in [-0.15, -0.1) is 11.6 Å². The molecule has 0 heterocycles. The van der Waals surface area contributed by atoms with Gasteiger partial charge in [0, 0.05) is 5.56 Å². The normalized spacial score (nSPS) is 10.0. The van der Waals surface area contributed by atoms with E-state index in [1.807, 2.05) is 12.1 Å². The molecule has 0 amide bonds. The van der Waals surface area contributed by atoms with Crippen LogP contribution in [0.3, 0.4) is 0 Å². The topological polar surface area (TPSA) is 42.2 Å². The van der Waals surface area contributed by atoms with E-state index in [1.165, 1.54) is 12.1 Å². The molecule has 2 aromatic carbocycles. The van der Waals surface area contributed by atoms with Crippen LogP contribution in [0.2, 0.25) is 0 Å². The van der Waals surface area contributed by atoms with Crippen LogP contribution in [0.1, 0.15) is 16.7 Å². The first-order chi connectivity index (χ1) is 10.2. The summed E-state index contributed by atoms with van der Waals surface area (Å²) in [5.41, 5.74) is 1.49. The number of ether oxygens (including phenoxy) is 2. The van der Waals surface area contributed by atoms with Gasteiger partial charge in [0.25, 0.3) is 0 Å². The van der Waals surface area contributed by atoms with Crippen LogP contribution in [0, 0.1) is 17.1 Å². The van der Waals surface area contributed by atoms with Gasteiger partial charge in [-0.1, -0.05) is 18.2 Å². The van der Waals surface area contributed by atoms with E-state index in [0.29, 0.717) is 22.9 Å². The second-order valence-corrected chi connectivity index (χ2v) is 4.56. The predicted octanol–water partition coefficient (Wildman–Crippen LogP) is 4.02. The maximum absolute atomic E-state index is 13.3. The summed E-state index contributed by atoms with van der Waals surface area (Å²) in [6.45, 7) is 0.194. The average Bonchev–Trinajstić information content (AvgIpc) is 2.53. The number of para-hydroxylation sites is 1. The number of methoxy groups -OCH3 is 1. The van der Waals surface area contributed by atoms with Gasteiger partial charge in [0.15, 0.2) is 11.5 Å². The van der Waals surface area contributed by atoms with Crippen LogP contribution >= 0.6 is 11.6 Å². The Morgan fingerprint density at radius 2 is 2.10 bits per heavy atom. The van der Waals surface area contributed by atoms with Crippen LogP contribution in [0.5, 0.6) is 11.5 Å². The summed E-state index contributed by atoms with van der Waals surface area (Å²) in [7, 11) is 1.55. The minimum atomic E-state index is -0.542. The summed E-state index contributed by atoms with van der Waals surface area (Å²) < 4.78 is 24.2. The molecule has 0 atom stereocenters. The van der Waals surface area contributed by atoms with Gasteiger partial charge in [0.1, 0.15) is 18.5 Å². The van der Waals surface area contributed by atoms with Crippen molar-refractivity contribution >= 4 is 11.6 Å². The predicted molar refractivity (Wildman–Crippen MR) is 78.0 cm³/mol. The Kier molecular flexibility index (Phi) is 5.02. The van der Waals surface area contributed by atoms with E-state index in [-0.39, 0.29) is 12.2 Å². The lowest BCUT2D eigenvalue weighted by atomic mass is 10.1. The second kappa shape index (κ2) is 6.96. The van der Waals surface area contributed by atoms with Gasteiger partial charge in [-0.3, -0.25) is 0 Å². The number of hydrogen-bond acceptors (Lipinski definition) is 3. The van der Waals surface area contributed by atoms with Gasteiger partial charge >= 0.3 is 0 Å². The maximum Gasteiger partial charge on any atom is 0.166 e. The Morgan fingerprint density at radius 1 is 1.29 bits per heavy atom. The molecule has 0 aliphatic heterocycles. The monoisotopic (exact) mass is 305 g/mol. The first-order valence-corrected chi connectivity index (χ1v) is 6.76. The Labute approximate surface area is 127 Å². The third-order valence-electron chi connectivity index (χ3n) is 2.96. The molecule has 0 aliphatic carbocycles. The smallest absolute Gasteiger partial charge is 0.166 e. The molecule has 0 fully saturated rings. The Bertz CT molecular complexity index is 660. The zero-order valence-electron chi connectivity index (χ0n) is 11.4. The number of benzene rings is 2. The van der Waals surface area contributed by atoms with Gasteiger partial charge in [-0.25, -0.2) is 4.39 Å². The molecule has 21 heavy (non-hydrogen) atoms. The fraction of sp³-hybridized carbons (Fsp3) is 0.188. The molecule has 0 bridgehead atoms.